The van der Waals surface area contributed by atoms with Crippen LogP contribution in [0, 0.1) is 0 Å². The summed E-state index contributed by atoms with van der Waals surface area (Å²) in [6.45, 7) is 1.82. The molecule has 0 aliphatic carbocycles. The second kappa shape index (κ2) is 9.62. The topological polar surface area (TPSA) is 70.6 Å². The van der Waals surface area contributed by atoms with Crippen LogP contribution in [0.25, 0.3) is 0 Å². The van der Waals surface area contributed by atoms with Gasteiger partial charge in [-0.25, -0.2) is 5.43 Å². The van der Waals surface area contributed by atoms with Crippen molar-refractivity contribution >= 4 is 34.6 Å². The van der Waals surface area contributed by atoms with E-state index in [0.29, 0.717) is 29.1 Å². The number of carbonyl (C=O) groups excluding carboxylic acids is 2. The maximum absolute atomic E-state index is 12.2. The van der Waals surface area contributed by atoms with Gasteiger partial charge in [-0.05, 0) is 48.1 Å². The third-order valence-electron chi connectivity index (χ3n) is 4.12. The highest BCUT2D eigenvalue weighted by Gasteiger charge is 2.08. The predicted molar refractivity (Wildman–Crippen MR) is 114 cm³/mol. The fraction of sp³-hybridized carbons (Fsp3) is 0.136. The van der Waals surface area contributed by atoms with Gasteiger partial charge in [0.15, 0.2) is 0 Å². The Morgan fingerprint density at radius 1 is 1.00 bits per heavy atom. The molecule has 0 saturated carbocycles. The number of thiophene rings is 1. The van der Waals surface area contributed by atoms with Gasteiger partial charge in [-0.2, -0.15) is 5.10 Å². The molecule has 142 valence electrons. The number of nitrogens with zero attached hydrogens (tertiary/aromatic N) is 1. The van der Waals surface area contributed by atoms with Crippen LogP contribution in [0.3, 0.4) is 0 Å². The average molecular weight is 391 g/mol. The van der Waals surface area contributed by atoms with Gasteiger partial charge in [0.25, 0.3) is 5.91 Å². The Balaban J connectivity index is 1.56. The van der Waals surface area contributed by atoms with Crippen molar-refractivity contribution in [3.63, 3.8) is 0 Å². The summed E-state index contributed by atoms with van der Waals surface area (Å²) in [5.74, 6) is -0.277. The Kier molecular flexibility index (Phi) is 6.70. The third-order valence-corrected chi connectivity index (χ3v) is 4.98. The van der Waals surface area contributed by atoms with Crippen LogP contribution in [-0.4, -0.2) is 17.5 Å². The van der Waals surface area contributed by atoms with E-state index >= 15 is 0 Å². The average Bonchev–Trinajstić information content (AvgIpc) is 3.26. The highest BCUT2D eigenvalue weighted by Crippen LogP contribution is 2.15. The van der Waals surface area contributed by atoms with E-state index in [0.717, 1.165) is 11.1 Å². The van der Waals surface area contributed by atoms with Crippen LogP contribution in [0.15, 0.2) is 77.2 Å². The zero-order chi connectivity index (χ0) is 19.8. The van der Waals surface area contributed by atoms with E-state index in [1.807, 2.05) is 73.0 Å². The van der Waals surface area contributed by atoms with E-state index in [4.69, 9.17) is 0 Å². The van der Waals surface area contributed by atoms with Crippen LogP contribution in [0.4, 0.5) is 5.69 Å². The minimum absolute atomic E-state index is 0.134. The van der Waals surface area contributed by atoms with Crippen molar-refractivity contribution in [1.82, 2.24) is 5.43 Å². The number of amides is 2. The largest absolute Gasteiger partial charge is 0.321 e. The summed E-state index contributed by atoms with van der Waals surface area (Å²) in [7, 11) is 0. The number of hydrogen-bond donors (Lipinski definition) is 2. The summed E-state index contributed by atoms with van der Waals surface area (Å²) in [4.78, 5) is 24.8. The SMILES string of the molecule is CC(=NNC(=O)CCc1ccccc1)c1cccc(NC(=O)c2cccs2)c1. The van der Waals surface area contributed by atoms with Crippen LogP contribution >= 0.6 is 11.3 Å². The van der Waals surface area contributed by atoms with Crippen molar-refractivity contribution in [2.45, 2.75) is 19.8 Å². The Morgan fingerprint density at radius 2 is 1.82 bits per heavy atom. The molecule has 0 aliphatic heterocycles. The zero-order valence-electron chi connectivity index (χ0n) is 15.5. The quantitative estimate of drug-likeness (QED) is 0.461. The number of benzene rings is 2. The number of hydrazone groups is 1. The molecule has 0 bridgehead atoms. The van der Waals surface area contributed by atoms with Crippen molar-refractivity contribution in [3.8, 4) is 0 Å². The van der Waals surface area contributed by atoms with Gasteiger partial charge >= 0.3 is 0 Å². The summed E-state index contributed by atoms with van der Waals surface area (Å²) in [5.41, 5.74) is 5.89. The van der Waals surface area contributed by atoms with Gasteiger partial charge in [0.1, 0.15) is 0 Å². The molecular formula is C22H21N3O2S. The molecule has 5 nitrogen and oxygen atoms in total. The third kappa shape index (κ3) is 5.62. The van der Waals surface area contributed by atoms with Crippen LogP contribution < -0.4 is 10.7 Å². The standard InChI is InChI=1S/C22H21N3O2S/c1-16(24-25-21(26)13-12-17-7-3-2-4-8-17)18-9-5-10-19(15-18)23-22(27)20-11-6-14-28-20/h2-11,14-15H,12-13H2,1H3,(H,23,27)(H,25,26). The maximum Gasteiger partial charge on any atom is 0.265 e. The first-order valence-electron chi connectivity index (χ1n) is 8.94. The summed E-state index contributed by atoms with van der Waals surface area (Å²) in [5, 5.41) is 8.92. The molecule has 2 N–H and O–H groups in total. The molecule has 1 aromatic heterocycles. The van der Waals surface area contributed by atoms with Crippen molar-refractivity contribution in [2.24, 2.45) is 5.10 Å². The first-order valence-corrected chi connectivity index (χ1v) is 9.82. The van der Waals surface area contributed by atoms with Crippen molar-refractivity contribution in [2.75, 3.05) is 5.32 Å². The Morgan fingerprint density at radius 3 is 2.57 bits per heavy atom. The molecule has 0 radical (unpaired) electrons. The second-order valence-corrected chi connectivity index (χ2v) is 7.18. The normalized spacial score (nSPS) is 11.1. The zero-order valence-corrected chi connectivity index (χ0v) is 16.3. The van der Waals surface area contributed by atoms with Gasteiger partial charge in [-0.1, -0.05) is 48.5 Å². The fourth-order valence-electron chi connectivity index (χ4n) is 2.59. The molecule has 0 fully saturated rings. The molecule has 1 heterocycles. The van der Waals surface area contributed by atoms with Gasteiger partial charge < -0.3 is 5.32 Å². The molecule has 0 aliphatic rings. The van der Waals surface area contributed by atoms with Gasteiger partial charge in [0.05, 0.1) is 10.6 Å². The molecule has 3 aromatic rings. The monoisotopic (exact) mass is 391 g/mol. The van der Waals surface area contributed by atoms with Crippen LogP contribution in [0.5, 0.6) is 0 Å². The van der Waals surface area contributed by atoms with E-state index in [1.165, 1.54) is 11.3 Å². The predicted octanol–water partition coefficient (Wildman–Crippen LogP) is 4.47. The van der Waals surface area contributed by atoms with Gasteiger partial charge in [-0.3, -0.25) is 9.59 Å². The second-order valence-electron chi connectivity index (χ2n) is 6.23. The van der Waals surface area contributed by atoms with Gasteiger partial charge in [0, 0.05) is 12.1 Å². The first kappa shape index (κ1) is 19.5. The van der Waals surface area contributed by atoms with Crippen LogP contribution in [-0.2, 0) is 11.2 Å². The lowest BCUT2D eigenvalue weighted by atomic mass is 10.1. The van der Waals surface area contributed by atoms with Crippen molar-refractivity contribution in [1.29, 1.82) is 0 Å². The van der Waals surface area contributed by atoms with Gasteiger partial charge in [0.2, 0.25) is 5.91 Å². The number of carbonyl (C=O) groups is 2. The Hall–Kier alpha value is -3.25. The molecule has 6 heteroatoms. The van der Waals surface area contributed by atoms with E-state index in [9.17, 15) is 9.59 Å². The summed E-state index contributed by atoms with van der Waals surface area (Å²) in [6, 6.07) is 20.9. The van der Waals surface area contributed by atoms with Crippen molar-refractivity contribution in [3.05, 3.63) is 88.1 Å². The maximum atomic E-state index is 12.2. The molecule has 3 rings (SSSR count). The molecule has 0 unspecified atom stereocenters. The highest BCUT2D eigenvalue weighted by molar-refractivity contribution is 7.12. The van der Waals surface area contributed by atoms with Crippen molar-refractivity contribution < 1.29 is 9.59 Å². The summed E-state index contributed by atoms with van der Waals surface area (Å²) >= 11 is 1.39. The smallest absolute Gasteiger partial charge is 0.265 e. The lowest BCUT2D eigenvalue weighted by molar-refractivity contribution is -0.121. The molecule has 0 saturated heterocycles. The van der Waals surface area contributed by atoms with Crippen LogP contribution in [0.2, 0.25) is 0 Å². The van der Waals surface area contributed by atoms with E-state index in [1.54, 1.807) is 6.07 Å². The van der Waals surface area contributed by atoms with E-state index in [-0.39, 0.29) is 11.8 Å². The first-order chi connectivity index (χ1) is 13.6. The van der Waals surface area contributed by atoms with Gasteiger partial charge in [-0.15, -0.1) is 11.3 Å². The molecule has 2 aromatic carbocycles. The number of aryl methyl sites for hydroxylation is 1. The molecule has 28 heavy (non-hydrogen) atoms. The van der Waals surface area contributed by atoms with Crippen LogP contribution in [0.1, 0.15) is 34.1 Å². The number of anilines is 1. The molecule has 0 atom stereocenters. The number of rotatable bonds is 7. The fourth-order valence-corrected chi connectivity index (χ4v) is 3.21. The van der Waals surface area contributed by atoms with E-state index < -0.39 is 0 Å². The lowest BCUT2D eigenvalue weighted by Gasteiger charge is -2.07. The Labute approximate surface area is 168 Å². The van der Waals surface area contributed by atoms with E-state index in [2.05, 4.69) is 15.8 Å². The minimum Gasteiger partial charge on any atom is -0.321 e. The molecule has 2 amide bonds. The Bertz CT molecular complexity index is 966. The highest BCUT2D eigenvalue weighted by atomic mass is 32.1. The number of hydrogen-bond acceptors (Lipinski definition) is 4. The molecular weight excluding hydrogens is 370 g/mol. The number of nitrogens with one attached hydrogen (secondary N) is 2. The summed E-state index contributed by atoms with van der Waals surface area (Å²) in [6.07, 6.45) is 1.04. The lowest BCUT2D eigenvalue weighted by Crippen LogP contribution is -2.19. The molecule has 0 spiro atoms. The summed E-state index contributed by atoms with van der Waals surface area (Å²) < 4.78 is 0. The minimum atomic E-state index is -0.143.